The Morgan fingerprint density at radius 1 is 1.28 bits per heavy atom. The van der Waals surface area contributed by atoms with E-state index in [1.165, 1.54) is 7.11 Å². The van der Waals surface area contributed by atoms with Crippen molar-refractivity contribution in [3.8, 4) is 11.5 Å². The number of nitrogens with two attached hydrogens (primary N) is 1. The maximum atomic E-state index is 11.1. The molecule has 1 rings (SSSR count). The molecule has 0 radical (unpaired) electrons. The molecule has 6 heteroatoms. The van der Waals surface area contributed by atoms with Gasteiger partial charge in [-0.3, -0.25) is 4.79 Å². The number of halogens is 1. The van der Waals surface area contributed by atoms with Gasteiger partial charge in [0, 0.05) is 6.54 Å². The predicted molar refractivity (Wildman–Crippen MR) is 70.5 cm³/mol. The fraction of sp³-hybridized carbons (Fsp3) is 0.417. The fourth-order valence-electron chi connectivity index (χ4n) is 1.35. The molecule has 5 nitrogen and oxygen atoms in total. The van der Waals surface area contributed by atoms with Crippen molar-refractivity contribution >= 4 is 18.4 Å². The number of carbonyl (C=O) groups is 1. The van der Waals surface area contributed by atoms with Gasteiger partial charge in [0.25, 0.3) is 0 Å². The Hall–Kier alpha value is -1.46. The molecule has 0 saturated heterocycles. The molecule has 0 saturated carbocycles. The van der Waals surface area contributed by atoms with Crippen molar-refractivity contribution in [2.45, 2.75) is 6.42 Å². The van der Waals surface area contributed by atoms with Crippen molar-refractivity contribution in [1.82, 2.24) is 0 Å². The van der Waals surface area contributed by atoms with Gasteiger partial charge in [-0.25, -0.2) is 0 Å². The monoisotopic (exact) mass is 275 g/mol. The largest absolute Gasteiger partial charge is 0.493 e. The van der Waals surface area contributed by atoms with Gasteiger partial charge < -0.3 is 19.9 Å². The van der Waals surface area contributed by atoms with Crippen molar-refractivity contribution in [1.29, 1.82) is 0 Å². The van der Waals surface area contributed by atoms with Crippen molar-refractivity contribution in [2.75, 3.05) is 27.4 Å². The van der Waals surface area contributed by atoms with E-state index in [0.717, 1.165) is 5.56 Å². The Morgan fingerprint density at radius 3 is 2.56 bits per heavy atom. The first-order valence-electron chi connectivity index (χ1n) is 5.28. The smallest absolute Gasteiger partial charge is 0.309 e. The lowest BCUT2D eigenvalue weighted by molar-refractivity contribution is -0.139. The lowest BCUT2D eigenvalue weighted by Gasteiger charge is -2.11. The molecule has 102 valence electrons. The van der Waals surface area contributed by atoms with E-state index >= 15 is 0 Å². The lowest BCUT2D eigenvalue weighted by atomic mass is 10.1. The van der Waals surface area contributed by atoms with Crippen LogP contribution in [0.2, 0.25) is 0 Å². The highest BCUT2D eigenvalue weighted by Crippen LogP contribution is 2.28. The van der Waals surface area contributed by atoms with Gasteiger partial charge in [0.05, 0.1) is 20.6 Å². The molecule has 1 aromatic rings. The molecule has 0 aliphatic rings. The van der Waals surface area contributed by atoms with E-state index in [0.29, 0.717) is 24.7 Å². The Morgan fingerprint density at radius 2 is 2.00 bits per heavy atom. The number of rotatable bonds is 6. The van der Waals surface area contributed by atoms with Crippen molar-refractivity contribution in [3.05, 3.63) is 23.8 Å². The van der Waals surface area contributed by atoms with Crippen LogP contribution in [0.1, 0.15) is 5.56 Å². The molecule has 0 spiro atoms. The van der Waals surface area contributed by atoms with Crippen LogP contribution in [0.15, 0.2) is 18.2 Å². The average Bonchev–Trinajstić information content (AvgIpc) is 2.36. The number of methoxy groups -OCH3 is 2. The Bertz CT molecular complexity index is 384. The molecule has 0 aromatic heterocycles. The Labute approximate surface area is 113 Å². The lowest BCUT2D eigenvalue weighted by Crippen LogP contribution is -2.11. The fourth-order valence-corrected chi connectivity index (χ4v) is 1.35. The van der Waals surface area contributed by atoms with Crippen LogP contribution in [0.25, 0.3) is 0 Å². The van der Waals surface area contributed by atoms with Crippen LogP contribution in [-0.2, 0) is 16.0 Å². The molecule has 0 aliphatic heterocycles. The summed E-state index contributed by atoms with van der Waals surface area (Å²) in [6.07, 6.45) is 0.212. The summed E-state index contributed by atoms with van der Waals surface area (Å²) in [7, 11) is 2.91. The zero-order chi connectivity index (χ0) is 12.7. The zero-order valence-corrected chi connectivity index (χ0v) is 11.3. The summed E-state index contributed by atoms with van der Waals surface area (Å²) in [5.74, 6) is 0.911. The molecule has 0 unspecified atom stereocenters. The molecular formula is C12H18ClNO4. The van der Waals surface area contributed by atoms with Gasteiger partial charge in [0.15, 0.2) is 11.5 Å². The summed E-state index contributed by atoms with van der Waals surface area (Å²) in [4.78, 5) is 11.1. The van der Waals surface area contributed by atoms with Crippen molar-refractivity contribution in [2.24, 2.45) is 5.73 Å². The van der Waals surface area contributed by atoms with Crippen LogP contribution in [0.5, 0.6) is 11.5 Å². The van der Waals surface area contributed by atoms with E-state index in [-0.39, 0.29) is 24.8 Å². The first-order valence-corrected chi connectivity index (χ1v) is 5.28. The van der Waals surface area contributed by atoms with Gasteiger partial charge in [0.1, 0.15) is 6.61 Å². The van der Waals surface area contributed by atoms with Gasteiger partial charge >= 0.3 is 5.97 Å². The highest BCUT2D eigenvalue weighted by atomic mass is 35.5. The number of hydrogen-bond donors (Lipinski definition) is 1. The third kappa shape index (κ3) is 4.81. The molecule has 0 atom stereocenters. The standard InChI is InChI=1S/C12H17NO4.ClH/c1-15-11-7-9(8-12(14)16-2)3-4-10(11)17-6-5-13;/h3-4,7H,5-6,8,13H2,1-2H3;1H. The summed E-state index contributed by atoms with van der Waals surface area (Å²) in [6, 6.07) is 5.31. The van der Waals surface area contributed by atoms with Gasteiger partial charge in [0.2, 0.25) is 0 Å². The number of carbonyl (C=O) groups excluding carboxylic acids is 1. The second-order valence-corrected chi connectivity index (χ2v) is 3.38. The summed E-state index contributed by atoms with van der Waals surface area (Å²) in [5, 5.41) is 0. The topological polar surface area (TPSA) is 70.8 Å². The molecular weight excluding hydrogens is 258 g/mol. The van der Waals surface area contributed by atoms with Crippen LogP contribution in [-0.4, -0.2) is 33.3 Å². The minimum absolute atomic E-state index is 0. The van der Waals surface area contributed by atoms with Gasteiger partial charge in [-0.1, -0.05) is 6.07 Å². The second-order valence-electron chi connectivity index (χ2n) is 3.38. The van der Waals surface area contributed by atoms with Crippen LogP contribution in [0.3, 0.4) is 0 Å². The number of esters is 1. The zero-order valence-electron chi connectivity index (χ0n) is 10.5. The van der Waals surface area contributed by atoms with E-state index in [9.17, 15) is 4.79 Å². The normalized spacial score (nSPS) is 9.28. The van der Waals surface area contributed by atoms with E-state index in [1.54, 1.807) is 25.3 Å². The SMILES string of the molecule is COC(=O)Cc1ccc(OCCN)c(OC)c1.Cl. The minimum atomic E-state index is -0.289. The summed E-state index contributed by atoms with van der Waals surface area (Å²) in [6.45, 7) is 0.861. The molecule has 0 bridgehead atoms. The quantitative estimate of drug-likeness (QED) is 0.789. The van der Waals surface area contributed by atoms with Crippen molar-refractivity contribution in [3.63, 3.8) is 0 Å². The second kappa shape index (κ2) is 8.60. The van der Waals surface area contributed by atoms with Crippen molar-refractivity contribution < 1.29 is 19.0 Å². The molecule has 0 fully saturated rings. The number of hydrogen-bond acceptors (Lipinski definition) is 5. The average molecular weight is 276 g/mol. The summed E-state index contributed by atoms with van der Waals surface area (Å²) in [5.41, 5.74) is 6.17. The van der Waals surface area contributed by atoms with Gasteiger partial charge in [-0.15, -0.1) is 12.4 Å². The number of ether oxygens (including phenoxy) is 3. The highest BCUT2D eigenvalue weighted by molar-refractivity contribution is 5.85. The maximum absolute atomic E-state index is 11.1. The molecule has 0 heterocycles. The summed E-state index contributed by atoms with van der Waals surface area (Å²) >= 11 is 0. The molecule has 0 aliphatic carbocycles. The van der Waals surface area contributed by atoms with Crippen LogP contribution < -0.4 is 15.2 Å². The predicted octanol–water partition coefficient (Wildman–Crippen LogP) is 1.17. The highest BCUT2D eigenvalue weighted by Gasteiger charge is 2.08. The van der Waals surface area contributed by atoms with Crippen LogP contribution >= 0.6 is 12.4 Å². The summed E-state index contributed by atoms with van der Waals surface area (Å²) < 4.78 is 15.2. The van der Waals surface area contributed by atoms with E-state index < -0.39 is 0 Å². The molecule has 1 aromatic carbocycles. The van der Waals surface area contributed by atoms with E-state index in [4.69, 9.17) is 15.2 Å². The molecule has 2 N–H and O–H groups in total. The first-order chi connectivity index (χ1) is 8.21. The number of benzene rings is 1. The molecule has 18 heavy (non-hydrogen) atoms. The van der Waals surface area contributed by atoms with Crippen LogP contribution in [0, 0.1) is 0 Å². The first kappa shape index (κ1) is 16.5. The van der Waals surface area contributed by atoms with Gasteiger partial charge in [-0.2, -0.15) is 0 Å². The van der Waals surface area contributed by atoms with E-state index in [2.05, 4.69) is 4.74 Å². The third-order valence-electron chi connectivity index (χ3n) is 2.18. The Kier molecular flexibility index (Phi) is 7.91. The Balaban J connectivity index is 0.00000289. The van der Waals surface area contributed by atoms with E-state index in [1.807, 2.05) is 0 Å². The molecule has 0 amide bonds. The van der Waals surface area contributed by atoms with Gasteiger partial charge in [-0.05, 0) is 17.7 Å². The van der Waals surface area contributed by atoms with Crippen LogP contribution in [0.4, 0.5) is 0 Å². The maximum Gasteiger partial charge on any atom is 0.309 e. The minimum Gasteiger partial charge on any atom is -0.493 e. The third-order valence-corrected chi connectivity index (χ3v) is 2.18.